The molecule has 1 aliphatic heterocycles. The summed E-state index contributed by atoms with van der Waals surface area (Å²) in [6.07, 6.45) is 5.69. The maximum absolute atomic E-state index is 13.0. The Balaban J connectivity index is 1.41. The molecule has 1 unspecified atom stereocenters. The van der Waals surface area contributed by atoms with Crippen LogP contribution in [0.4, 0.5) is 5.69 Å². The summed E-state index contributed by atoms with van der Waals surface area (Å²) in [7, 11) is 1.97. The van der Waals surface area contributed by atoms with E-state index in [4.69, 9.17) is 0 Å². The third-order valence-electron chi connectivity index (χ3n) is 5.25. The number of carbonyl (C=O) groups is 1. The number of carbonyl (C=O) groups excluding carboxylic acids is 1. The number of nitrogens with one attached hydrogen (secondary N) is 1. The van der Waals surface area contributed by atoms with E-state index >= 15 is 0 Å². The van der Waals surface area contributed by atoms with Gasteiger partial charge in [-0.1, -0.05) is 42.5 Å². The van der Waals surface area contributed by atoms with Crippen LogP contribution in [-0.4, -0.2) is 33.4 Å². The summed E-state index contributed by atoms with van der Waals surface area (Å²) in [5, 5.41) is 4.07. The van der Waals surface area contributed by atoms with E-state index in [0.717, 1.165) is 48.2 Å². The summed E-state index contributed by atoms with van der Waals surface area (Å²) in [5.41, 5.74) is 2.15. The van der Waals surface area contributed by atoms with Crippen molar-refractivity contribution in [3.05, 3.63) is 72.6 Å². The van der Waals surface area contributed by atoms with Crippen molar-refractivity contribution in [2.75, 3.05) is 18.4 Å². The SMILES string of the molecule is Cn1ccnc1Sc1ccccc1NC(=O)C1CCCN(Cc2ccccc2)C1. The number of rotatable bonds is 6. The third kappa shape index (κ3) is 5.08. The van der Waals surface area contributed by atoms with Gasteiger partial charge in [0, 0.05) is 37.4 Å². The van der Waals surface area contributed by atoms with E-state index in [-0.39, 0.29) is 11.8 Å². The number of hydrogen-bond donors (Lipinski definition) is 1. The van der Waals surface area contributed by atoms with Gasteiger partial charge in [0.2, 0.25) is 5.91 Å². The Hall–Kier alpha value is -2.57. The molecule has 1 saturated heterocycles. The molecule has 1 aromatic heterocycles. The first kappa shape index (κ1) is 19.7. The Labute approximate surface area is 176 Å². The van der Waals surface area contributed by atoms with Crippen molar-refractivity contribution < 1.29 is 4.79 Å². The molecule has 1 amide bonds. The summed E-state index contributed by atoms with van der Waals surface area (Å²) in [5.74, 6) is 0.120. The standard InChI is InChI=1S/C23H26N4OS/c1-26-15-13-24-23(26)29-21-12-6-5-11-20(21)25-22(28)19-10-7-14-27(17-19)16-18-8-3-2-4-9-18/h2-6,8-9,11-13,15,19H,7,10,14,16-17H2,1H3,(H,25,28). The van der Waals surface area contributed by atoms with Crippen LogP contribution < -0.4 is 5.32 Å². The minimum atomic E-state index is 0.0127. The molecule has 0 radical (unpaired) electrons. The molecule has 2 aromatic carbocycles. The van der Waals surface area contributed by atoms with Crippen LogP contribution in [0.25, 0.3) is 0 Å². The van der Waals surface area contributed by atoms with E-state index in [1.54, 1.807) is 18.0 Å². The molecule has 1 N–H and O–H groups in total. The van der Waals surface area contributed by atoms with Gasteiger partial charge in [-0.05, 0) is 48.8 Å². The van der Waals surface area contributed by atoms with Crippen LogP contribution in [0.5, 0.6) is 0 Å². The van der Waals surface area contributed by atoms with E-state index in [0.29, 0.717) is 0 Å². The summed E-state index contributed by atoms with van der Waals surface area (Å²) in [6, 6.07) is 18.4. The van der Waals surface area contributed by atoms with Crippen molar-refractivity contribution in [2.24, 2.45) is 13.0 Å². The van der Waals surface area contributed by atoms with Crippen LogP contribution in [-0.2, 0) is 18.4 Å². The molecule has 150 valence electrons. The van der Waals surface area contributed by atoms with Crippen molar-refractivity contribution in [2.45, 2.75) is 29.4 Å². The van der Waals surface area contributed by atoms with Crippen molar-refractivity contribution in [3.63, 3.8) is 0 Å². The second-order valence-corrected chi connectivity index (χ2v) is 8.48. The number of para-hydroxylation sites is 1. The second-order valence-electron chi connectivity index (χ2n) is 7.47. The molecule has 3 aromatic rings. The van der Waals surface area contributed by atoms with Gasteiger partial charge in [-0.25, -0.2) is 4.98 Å². The van der Waals surface area contributed by atoms with Gasteiger partial charge in [-0.2, -0.15) is 0 Å². The molecule has 4 rings (SSSR count). The molecular weight excluding hydrogens is 380 g/mol. The van der Waals surface area contributed by atoms with Crippen molar-refractivity contribution >= 4 is 23.4 Å². The zero-order valence-corrected chi connectivity index (χ0v) is 17.4. The van der Waals surface area contributed by atoms with Crippen LogP contribution in [0.3, 0.4) is 0 Å². The second kappa shape index (κ2) is 9.29. The number of piperidine rings is 1. The lowest BCUT2D eigenvalue weighted by Gasteiger charge is -2.32. The minimum Gasteiger partial charge on any atom is -0.329 e. The van der Waals surface area contributed by atoms with Gasteiger partial charge in [-0.3, -0.25) is 9.69 Å². The first-order valence-electron chi connectivity index (χ1n) is 10.0. The fraction of sp³-hybridized carbons (Fsp3) is 0.304. The highest BCUT2D eigenvalue weighted by atomic mass is 32.2. The fourth-order valence-corrected chi connectivity index (χ4v) is 4.59. The molecule has 0 spiro atoms. The van der Waals surface area contributed by atoms with E-state index < -0.39 is 0 Å². The predicted molar refractivity (Wildman–Crippen MR) is 117 cm³/mol. The molecule has 1 atom stereocenters. The Bertz CT molecular complexity index is 956. The van der Waals surface area contributed by atoms with E-state index in [1.165, 1.54) is 5.56 Å². The molecule has 0 aliphatic carbocycles. The Morgan fingerprint density at radius 2 is 1.97 bits per heavy atom. The maximum Gasteiger partial charge on any atom is 0.228 e. The van der Waals surface area contributed by atoms with Gasteiger partial charge in [-0.15, -0.1) is 0 Å². The van der Waals surface area contributed by atoms with Crippen LogP contribution in [0.2, 0.25) is 0 Å². The van der Waals surface area contributed by atoms with Crippen LogP contribution >= 0.6 is 11.8 Å². The summed E-state index contributed by atoms with van der Waals surface area (Å²) in [6.45, 7) is 2.75. The largest absolute Gasteiger partial charge is 0.329 e. The molecular formula is C23H26N4OS. The first-order valence-corrected chi connectivity index (χ1v) is 10.8. The van der Waals surface area contributed by atoms with Gasteiger partial charge in [0.25, 0.3) is 0 Å². The topological polar surface area (TPSA) is 50.2 Å². The molecule has 6 heteroatoms. The van der Waals surface area contributed by atoms with E-state index in [9.17, 15) is 4.79 Å². The average molecular weight is 407 g/mol. The van der Waals surface area contributed by atoms with Gasteiger partial charge >= 0.3 is 0 Å². The van der Waals surface area contributed by atoms with Crippen molar-refractivity contribution in [1.29, 1.82) is 0 Å². The molecule has 29 heavy (non-hydrogen) atoms. The predicted octanol–water partition coefficient (Wildman–Crippen LogP) is 4.42. The van der Waals surface area contributed by atoms with Crippen LogP contribution in [0, 0.1) is 5.92 Å². The molecule has 1 aliphatic rings. The smallest absolute Gasteiger partial charge is 0.228 e. The normalized spacial score (nSPS) is 17.2. The molecule has 0 saturated carbocycles. The number of nitrogens with zero attached hydrogens (tertiary/aromatic N) is 3. The zero-order valence-electron chi connectivity index (χ0n) is 16.6. The summed E-state index contributed by atoms with van der Waals surface area (Å²) < 4.78 is 1.98. The lowest BCUT2D eigenvalue weighted by atomic mass is 9.96. The third-order valence-corrected chi connectivity index (χ3v) is 6.40. The fourth-order valence-electron chi connectivity index (χ4n) is 3.70. The number of aromatic nitrogens is 2. The minimum absolute atomic E-state index is 0.0127. The van der Waals surface area contributed by atoms with Crippen LogP contribution in [0.1, 0.15) is 18.4 Å². The van der Waals surface area contributed by atoms with Crippen molar-refractivity contribution in [3.8, 4) is 0 Å². The monoisotopic (exact) mass is 406 g/mol. The lowest BCUT2D eigenvalue weighted by molar-refractivity contribution is -0.121. The van der Waals surface area contributed by atoms with Gasteiger partial charge < -0.3 is 9.88 Å². The van der Waals surface area contributed by atoms with Gasteiger partial charge in [0.15, 0.2) is 5.16 Å². The summed E-state index contributed by atoms with van der Waals surface area (Å²) >= 11 is 1.57. The Kier molecular flexibility index (Phi) is 6.32. The number of likely N-dealkylation sites (tertiary alicyclic amines) is 1. The zero-order chi connectivity index (χ0) is 20.1. The first-order chi connectivity index (χ1) is 14.2. The quantitative estimate of drug-likeness (QED) is 0.658. The molecule has 0 bridgehead atoms. The highest BCUT2D eigenvalue weighted by Gasteiger charge is 2.26. The Morgan fingerprint density at radius 1 is 1.17 bits per heavy atom. The number of imidazole rings is 1. The number of anilines is 1. The number of aryl methyl sites for hydroxylation is 1. The van der Waals surface area contributed by atoms with Gasteiger partial charge in [0.05, 0.1) is 11.6 Å². The molecule has 1 fully saturated rings. The van der Waals surface area contributed by atoms with Gasteiger partial charge in [0.1, 0.15) is 0 Å². The Morgan fingerprint density at radius 3 is 2.76 bits per heavy atom. The van der Waals surface area contributed by atoms with E-state index in [1.807, 2.05) is 48.1 Å². The number of benzene rings is 2. The van der Waals surface area contributed by atoms with Crippen molar-refractivity contribution in [1.82, 2.24) is 14.5 Å². The number of hydrogen-bond acceptors (Lipinski definition) is 4. The summed E-state index contributed by atoms with van der Waals surface area (Å²) in [4.78, 5) is 20.8. The highest BCUT2D eigenvalue weighted by Crippen LogP contribution is 2.32. The lowest BCUT2D eigenvalue weighted by Crippen LogP contribution is -2.40. The number of amides is 1. The highest BCUT2D eigenvalue weighted by molar-refractivity contribution is 7.99. The maximum atomic E-state index is 13.0. The molecule has 5 nitrogen and oxygen atoms in total. The average Bonchev–Trinajstić information content (AvgIpc) is 3.15. The van der Waals surface area contributed by atoms with E-state index in [2.05, 4.69) is 39.5 Å². The molecule has 2 heterocycles. The van der Waals surface area contributed by atoms with Crippen LogP contribution in [0.15, 0.2) is 77.0 Å².